The minimum atomic E-state index is -1.47. The summed E-state index contributed by atoms with van der Waals surface area (Å²) in [4.78, 5) is 0. The summed E-state index contributed by atoms with van der Waals surface area (Å²) >= 11 is 0. The van der Waals surface area contributed by atoms with E-state index >= 15 is 0 Å². The van der Waals surface area contributed by atoms with Crippen molar-refractivity contribution in [3.8, 4) is 0 Å². The second-order valence-corrected chi connectivity index (χ2v) is 30.9. The molecular formula is C59H132O4Si2. The van der Waals surface area contributed by atoms with Crippen molar-refractivity contribution in [2.24, 2.45) is 39.9 Å². The monoisotopic (exact) mass is 961 g/mol. The molecule has 0 fully saturated rings. The molecule has 0 aromatic rings. The molecule has 2 atom stereocenters. The summed E-state index contributed by atoms with van der Waals surface area (Å²) in [6.45, 7) is 60.0. The summed E-state index contributed by atoms with van der Waals surface area (Å²) in [5, 5.41) is 0. The van der Waals surface area contributed by atoms with E-state index in [9.17, 15) is 0 Å². The van der Waals surface area contributed by atoms with Gasteiger partial charge >= 0.3 is 0 Å². The first-order valence-corrected chi connectivity index (χ1v) is 35.2. The predicted molar refractivity (Wildman–Crippen MR) is 305 cm³/mol. The predicted octanol–water partition coefficient (Wildman–Crippen LogP) is 21.0. The maximum Gasteiger partial charge on any atom is 0.173 e. The topological polar surface area (TPSA) is 36.9 Å². The Morgan fingerprint density at radius 2 is 0.662 bits per heavy atom. The number of ether oxygens (including phenoxy) is 3. The van der Waals surface area contributed by atoms with Gasteiger partial charge < -0.3 is 18.3 Å². The van der Waals surface area contributed by atoms with Crippen LogP contribution in [-0.4, -0.2) is 56.3 Å². The van der Waals surface area contributed by atoms with Gasteiger partial charge in [-0.1, -0.05) is 235 Å². The van der Waals surface area contributed by atoms with Crippen LogP contribution in [0.3, 0.4) is 0 Å². The summed E-state index contributed by atoms with van der Waals surface area (Å²) < 4.78 is 24.0. The minimum Gasteiger partial charge on any atom is -0.455 e. The minimum absolute atomic E-state index is 0.0273. The second kappa shape index (κ2) is 46.6. The van der Waals surface area contributed by atoms with Crippen LogP contribution in [0.15, 0.2) is 0 Å². The second-order valence-electron chi connectivity index (χ2n) is 22.2. The maximum atomic E-state index is 6.77. The average molecular weight is 962 g/mol. The zero-order valence-electron chi connectivity index (χ0n) is 50.2. The van der Waals surface area contributed by atoms with E-state index in [1.807, 2.05) is 0 Å². The van der Waals surface area contributed by atoms with E-state index in [1.54, 1.807) is 0 Å². The fraction of sp³-hybridized carbons (Fsp3) is 1.00. The molecule has 0 aromatic heterocycles. The Morgan fingerprint density at radius 3 is 0.831 bits per heavy atom. The molecule has 4 nitrogen and oxygen atoms in total. The van der Waals surface area contributed by atoms with Gasteiger partial charge in [0.15, 0.2) is 16.6 Å². The molecule has 0 aliphatic rings. The highest BCUT2D eigenvalue weighted by Gasteiger charge is 2.35. The summed E-state index contributed by atoms with van der Waals surface area (Å²) in [5.41, 5.74) is 1.32. The van der Waals surface area contributed by atoms with Gasteiger partial charge in [-0.15, -0.1) is 0 Å². The molecule has 0 aliphatic heterocycles. The molecular weight excluding hydrogens is 829 g/mol. The van der Waals surface area contributed by atoms with E-state index in [0.29, 0.717) is 10.8 Å². The van der Waals surface area contributed by atoms with Crippen molar-refractivity contribution in [3.63, 3.8) is 0 Å². The Morgan fingerprint density at radius 1 is 0.385 bits per heavy atom. The molecule has 0 N–H and O–H groups in total. The van der Waals surface area contributed by atoms with Crippen LogP contribution in [0.25, 0.3) is 0 Å². The largest absolute Gasteiger partial charge is 0.455 e. The average Bonchev–Trinajstić information content (AvgIpc) is 3.28. The van der Waals surface area contributed by atoms with Crippen LogP contribution in [-0.2, 0) is 18.3 Å². The van der Waals surface area contributed by atoms with Crippen LogP contribution in [0, 0.1) is 39.9 Å². The Balaban J connectivity index is -0.000000241. The molecule has 0 radical (unpaired) electrons. The van der Waals surface area contributed by atoms with Gasteiger partial charge in [0, 0.05) is 25.2 Å². The number of rotatable bonds is 36. The standard InChI is InChI=1S/C16H38OSi2.C15H32O3.C11H24.C9H20.C8H18/c1-9-15(10-2)13-18(5,6)17-19(7,8)14-16(11-3)12-4;1-5-9-16-12-15(8-4,13-17-10-6-2)14-18-11-7-3;1-5-7-10(3)9-11(4)8-6-2;1-5-9(6-2,7-3)8-4;1-5-8(4,6-2)7-3/h15-16H,9-14H2,1-8H3;5-14H2,1-4H3;10-11H,5-9H2,1-4H3;5-8H2,1-4H3;5-7H2,1-4H3. The van der Waals surface area contributed by atoms with Gasteiger partial charge in [0.25, 0.3) is 0 Å². The van der Waals surface area contributed by atoms with Gasteiger partial charge in [0.1, 0.15) is 0 Å². The first kappa shape index (κ1) is 74.2. The molecule has 0 heterocycles. The van der Waals surface area contributed by atoms with Gasteiger partial charge in [0.05, 0.1) is 19.8 Å². The molecule has 0 saturated heterocycles. The molecule has 400 valence electrons. The SMILES string of the molecule is CCC(C)(CC)CC.CCC(CC)(CC)CC.CCC(CC)C[Si](C)(C)O[Si](C)(C)CC(CC)CC.CCCC(C)CC(C)CCC.CCCOCC(CC)(COCCC)COCCC. The molecule has 6 heteroatoms. The first-order valence-electron chi connectivity index (χ1n) is 29.0. The van der Waals surface area contributed by atoms with Crippen LogP contribution < -0.4 is 0 Å². The summed E-state index contributed by atoms with van der Waals surface area (Å²) in [5.74, 6) is 3.64. The van der Waals surface area contributed by atoms with Crippen molar-refractivity contribution in [1.29, 1.82) is 0 Å². The van der Waals surface area contributed by atoms with Crippen LogP contribution in [0.1, 0.15) is 267 Å². The van der Waals surface area contributed by atoms with Crippen molar-refractivity contribution in [3.05, 3.63) is 0 Å². The highest BCUT2D eigenvalue weighted by Crippen LogP contribution is 2.34. The van der Waals surface area contributed by atoms with Gasteiger partial charge in [0.2, 0.25) is 0 Å². The molecule has 0 aliphatic carbocycles. The van der Waals surface area contributed by atoms with Crippen molar-refractivity contribution in [2.75, 3.05) is 39.6 Å². The lowest BCUT2D eigenvalue weighted by atomic mass is 9.78. The lowest BCUT2D eigenvalue weighted by molar-refractivity contribution is -0.0712. The third-order valence-corrected chi connectivity index (χ3v) is 22.9. The van der Waals surface area contributed by atoms with Gasteiger partial charge in [-0.3, -0.25) is 0 Å². The zero-order valence-corrected chi connectivity index (χ0v) is 52.2. The van der Waals surface area contributed by atoms with E-state index in [0.717, 1.165) is 89.0 Å². The molecule has 0 spiro atoms. The molecule has 65 heavy (non-hydrogen) atoms. The van der Waals surface area contributed by atoms with Gasteiger partial charge in [-0.05, 0) is 105 Å². The van der Waals surface area contributed by atoms with Gasteiger partial charge in [-0.2, -0.15) is 0 Å². The van der Waals surface area contributed by atoms with E-state index in [4.69, 9.17) is 18.3 Å². The van der Waals surface area contributed by atoms with E-state index in [-0.39, 0.29) is 5.41 Å². The quantitative estimate of drug-likeness (QED) is 0.0463. The fourth-order valence-electron chi connectivity index (χ4n) is 9.26. The van der Waals surface area contributed by atoms with Crippen LogP contribution >= 0.6 is 0 Å². The smallest absolute Gasteiger partial charge is 0.173 e. The summed E-state index contributed by atoms with van der Waals surface area (Å²) in [6, 6.07) is 2.69. The third-order valence-electron chi connectivity index (χ3n) is 15.4. The summed E-state index contributed by atoms with van der Waals surface area (Å²) in [6.07, 6.45) is 25.7. The molecule has 0 rings (SSSR count). The van der Waals surface area contributed by atoms with Gasteiger partial charge in [-0.25, -0.2) is 0 Å². The zero-order chi connectivity index (χ0) is 51.4. The highest BCUT2D eigenvalue weighted by atomic mass is 28.4. The summed E-state index contributed by atoms with van der Waals surface area (Å²) in [7, 11) is -2.95. The number of hydrogen-bond acceptors (Lipinski definition) is 4. The molecule has 0 saturated carbocycles. The van der Waals surface area contributed by atoms with E-state index in [2.05, 4.69) is 165 Å². The molecule has 0 aromatic carbocycles. The maximum absolute atomic E-state index is 6.77. The highest BCUT2D eigenvalue weighted by molar-refractivity contribution is 6.84. The Kier molecular flexibility index (Phi) is 53.3. The van der Waals surface area contributed by atoms with Crippen LogP contribution in [0.4, 0.5) is 0 Å². The normalized spacial score (nSPS) is 13.2. The van der Waals surface area contributed by atoms with E-state index in [1.165, 1.54) is 115 Å². The Labute approximate surface area is 417 Å². The van der Waals surface area contributed by atoms with Crippen molar-refractivity contribution in [1.82, 2.24) is 0 Å². The lowest BCUT2D eigenvalue weighted by Gasteiger charge is -2.37. The lowest BCUT2D eigenvalue weighted by Crippen LogP contribution is -2.46. The molecule has 0 bridgehead atoms. The van der Waals surface area contributed by atoms with Crippen LogP contribution in [0.2, 0.25) is 38.3 Å². The fourth-order valence-corrected chi connectivity index (χ4v) is 19.9. The number of hydrogen-bond donors (Lipinski definition) is 0. The van der Waals surface area contributed by atoms with Crippen LogP contribution in [0.5, 0.6) is 0 Å². The van der Waals surface area contributed by atoms with E-state index < -0.39 is 16.6 Å². The molecule has 0 amide bonds. The molecule has 2 unspecified atom stereocenters. The first-order chi connectivity index (χ1) is 30.6. The Hall–Kier alpha value is 0.274. The van der Waals surface area contributed by atoms with Crippen molar-refractivity contribution < 1.29 is 18.3 Å². The van der Waals surface area contributed by atoms with Crippen molar-refractivity contribution >= 4 is 16.6 Å². The Bertz CT molecular complexity index is 837. The van der Waals surface area contributed by atoms with Crippen molar-refractivity contribution in [2.45, 2.75) is 305 Å². The third kappa shape index (κ3) is 42.8.